The number of nitrogens with zero attached hydrogens (tertiary/aromatic N) is 1. The van der Waals surface area contributed by atoms with Crippen LogP contribution < -0.4 is 0 Å². The van der Waals surface area contributed by atoms with Gasteiger partial charge in [0.1, 0.15) is 10.7 Å². The van der Waals surface area contributed by atoms with Crippen molar-refractivity contribution in [3.8, 4) is 0 Å². The summed E-state index contributed by atoms with van der Waals surface area (Å²) in [5, 5.41) is 12.5. The van der Waals surface area contributed by atoms with Gasteiger partial charge in [-0.3, -0.25) is 0 Å². The van der Waals surface area contributed by atoms with Crippen LogP contribution in [0.25, 0.3) is 0 Å². The number of halogens is 1. The maximum atomic E-state index is 12.6. The van der Waals surface area contributed by atoms with Crippen LogP contribution in [0.15, 0.2) is 41.6 Å². The third-order valence-electron chi connectivity index (χ3n) is 2.23. The molecule has 19 heavy (non-hydrogen) atoms. The van der Waals surface area contributed by atoms with Gasteiger partial charge in [0.15, 0.2) is 6.61 Å². The molecule has 0 saturated carbocycles. The third kappa shape index (κ3) is 3.89. The van der Waals surface area contributed by atoms with Crippen LogP contribution >= 0.6 is 11.3 Å². The summed E-state index contributed by atoms with van der Waals surface area (Å²) in [6.07, 6.45) is 1.46. The van der Waals surface area contributed by atoms with Gasteiger partial charge in [-0.25, -0.2) is 9.18 Å². The Bertz CT molecular complexity index is 592. The lowest BCUT2D eigenvalue weighted by Gasteiger charge is -1.96. The van der Waals surface area contributed by atoms with E-state index >= 15 is 0 Å². The van der Waals surface area contributed by atoms with E-state index < -0.39 is 5.97 Å². The highest BCUT2D eigenvalue weighted by molar-refractivity contribution is 7.13. The highest BCUT2D eigenvalue weighted by Crippen LogP contribution is 2.17. The molecule has 0 fully saturated rings. The molecule has 0 aliphatic carbocycles. The summed E-state index contributed by atoms with van der Waals surface area (Å²) in [6, 6.07) is 9.03. The minimum atomic E-state index is -0.953. The Morgan fingerprint density at radius 2 is 2.05 bits per heavy atom. The topological polar surface area (TPSA) is 58.9 Å². The summed E-state index contributed by atoms with van der Waals surface area (Å²) >= 11 is 1.14. The molecule has 0 atom stereocenters. The van der Waals surface area contributed by atoms with E-state index in [0.29, 0.717) is 0 Å². The molecule has 0 aliphatic rings. The lowest BCUT2D eigenvalue weighted by molar-refractivity contribution is 0.0702. The van der Waals surface area contributed by atoms with Crippen LogP contribution in [0.4, 0.5) is 4.39 Å². The van der Waals surface area contributed by atoms with Gasteiger partial charge in [0, 0.05) is 4.88 Å². The van der Waals surface area contributed by atoms with Crippen molar-refractivity contribution < 1.29 is 19.1 Å². The monoisotopic (exact) mass is 279 g/mol. The second-order valence-corrected chi connectivity index (χ2v) is 4.80. The van der Waals surface area contributed by atoms with E-state index in [4.69, 9.17) is 9.94 Å². The Morgan fingerprint density at radius 3 is 2.68 bits per heavy atom. The molecular formula is C13H10FNO3S. The van der Waals surface area contributed by atoms with Crippen molar-refractivity contribution >= 4 is 23.5 Å². The number of thiophene rings is 1. The van der Waals surface area contributed by atoms with Gasteiger partial charge in [-0.1, -0.05) is 17.3 Å². The molecule has 1 aromatic heterocycles. The van der Waals surface area contributed by atoms with Crippen molar-refractivity contribution in [1.82, 2.24) is 0 Å². The molecule has 1 N–H and O–H groups in total. The first kappa shape index (κ1) is 13.2. The molecular weight excluding hydrogens is 269 g/mol. The van der Waals surface area contributed by atoms with E-state index in [2.05, 4.69) is 5.16 Å². The second kappa shape index (κ2) is 6.10. The standard InChI is InChI=1S/C13H10FNO3S/c14-10-3-1-9(2-4-10)7-15-18-8-11-5-6-12(19-11)13(16)17/h1-7H,8H2,(H,16,17). The molecule has 1 aromatic carbocycles. The second-order valence-electron chi connectivity index (χ2n) is 3.63. The number of carbonyl (C=O) groups is 1. The molecule has 0 saturated heterocycles. The molecule has 0 bridgehead atoms. The van der Waals surface area contributed by atoms with E-state index in [1.54, 1.807) is 18.2 Å². The average Bonchev–Trinajstić information content (AvgIpc) is 2.86. The Hall–Kier alpha value is -2.21. The molecule has 0 amide bonds. The van der Waals surface area contributed by atoms with Crippen LogP contribution in [0.3, 0.4) is 0 Å². The summed E-state index contributed by atoms with van der Waals surface area (Å²) < 4.78 is 12.6. The number of aromatic carboxylic acids is 1. The highest BCUT2D eigenvalue weighted by Gasteiger charge is 2.06. The summed E-state index contributed by atoms with van der Waals surface area (Å²) in [5.74, 6) is -1.26. The zero-order chi connectivity index (χ0) is 13.7. The van der Waals surface area contributed by atoms with Gasteiger partial charge in [0.25, 0.3) is 0 Å². The third-order valence-corrected chi connectivity index (χ3v) is 3.27. The van der Waals surface area contributed by atoms with Gasteiger partial charge in [0.05, 0.1) is 6.21 Å². The normalized spacial score (nSPS) is 10.8. The number of hydrogen-bond donors (Lipinski definition) is 1. The Morgan fingerprint density at radius 1 is 1.32 bits per heavy atom. The van der Waals surface area contributed by atoms with Crippen molar-refractivity contribution in [2.24, 2.45) is 5.16 Å². The molecule has 0 unspecified atom stereocenters. The number of hydrogen-bond acceptors (Lipinski definition) is 4. The Labute approximate surface area is 112 Å². The number of carboxylic acid groups (broad SMARTS) is 1. The maximum Gasteiger partial charge on any atom is 0.345 e. The number of oxime groups is 1. The van der Waals surface area contributed by atoms with Gasteiger partial charge < -0.3 is 9.94 Å². The minimum absolute atomic E-state index is 0.204. The summed E-state index contributed by atoms with van der Waals surface area (Å²) in [4.78, 5) is 16.7. The molecule has 2 rings (SSSR count). The highest BCUT2D eigenvalue weighted by atomic mass is 32.1. The molecule has 98 valence electrons. The fraction of sp³-hybridized carbons (Fsp3) is 0.0769. The molecule has 2 aromatic rings. The van der Waals surface area contributed by atoms with E-state index in [0.717, 1.165) is 21.8 Å². The molecule has 1 heterocycles. The van der Waals surface area contributed by atoms with E-state index in [1.807, 2.05) is 0 Å². The fourth-order valence-corrected chi connectivity index (χ4v) is 2.07. The zero-order valence-corrected chi connectivity index (χ0v) is 10.6. The van der Waals surface area contributed by atoms with Crippen molar-refractivity contribution in [3.63, 3.8) is 0 Å². The minimum Gasteiger partial charge on any atom is -0.477 e. The number of rotatable bonds is 5. The molecule has 4 nitrogen and oxygen atoms in total. The lowest BCUT2D eigenvalue weighted by atomic mass is 10.2. The number of carboxylic acids is 1. The average molecular weight is 279 g/mol. The van der Waals surface area contributed by atoms with E-state index in [-0.39, 0.29) is 17.3 Å². The van der Waals surface area contributed by atoms with Crippen LogP contribution in [0.1, 0.15) is 20.1 Å². The number of benzene rings is 1. The van der Waals surface area contributed by atoms with Crippen molar-refractivity contribution in [1.29, 1.82) is 0 Å². The summed E-state index contributed by atoms with van der Waals surface area (Å²) in [5.41, 5.74) is 0.721. The summed E-state index contributed by atoms with van der Waals surface area (Å²) in [7, 11) is 0. The van der Waals surface area contributed by atoms with Crippen LogP contribution in [0, 0.1) is 5.82 Å². The molecule has 0 radical (unpaired) electrons. The molecule has 6 heteroatoms. The maximum absolute atomic E-state index is 12.6. The predicted molar refractivity (Wildman–Crippen MR) is 70.1 cm³/mol. The first-order chi connectivity index (χ1) is 9.15. The van der Waals surface area contributed by atoms with Gasteiger partial charge in [-0.15, -0.1) is 11.3 Å². The van der Waals surface area contributed by atoms with Crippen molar-refractivity contribution in [2.45, 2.75) is 6.61 Å². The molecule has 0 spiro atoms. The van der Waals surface area contributed by atoms with Crippen molar-refractivity contribution in [2.75, 3.05) is 0 Å². The van der Waals surface area contributed by atoms with Crippen LogP contribution in [-0.4, -0.2) is 17.3 Å². The van der Waals surface area contributed by atoms with Crippen molar-refractivity contribution in [3.05, 3.63) is 57.5 Å². The van der Waals surface area contributed by atoms with Gasteiger partial charge in [0.2, 0.25) is 0 Å². The summed E-state index contributed by atoms with van der Waals surface area (Å²) in [6.45, 7) is 0.204. The Balaban J connectivity index is 1.85. The SMILES string of the molecule is O=C(O)c1ccc(CON=Cc2ccc(F)cc2)s1. The lowest BCUT2D eigenvalue weighted by Crippen LogP contribution is -1.89. The smallest absolute Gasteiger partial charge is 0.345 e. The molecule has 0 aliphatic heterocycles. The van der Waals surface area contributed by atoms with Gasteiger partial charge in [-0.2, -0.15) is 0 Å². The predicted octanol–water partition coefficient (Wildman–Crippen LogP) is 3.14. The van der Waals surface area contributed by atoms with Gasteiger partial charge in [-0.05, 0) is 29.8 Å². The first-order valence-electron chi connectivity index (χ1n) is 5.38. The zero-order valence-electron chi connectivity index (χ0n) is 9.75. The van der Waals surface area contributed by atoms with E-state index in [1.165, 1.54) is 24.4 Å². The largest absolute Gasteiger partial charge is 0.477 e. The van der Waals surface area contributed by atoms with Crippen LogP contribution in [-0.2, 0) is 11.4 Å². The van der Waals surface area contributed by atoms with Crippen LogP contribution in [0.2, 0.25) is 0 Å². The van der Waals surface area contributed by atoms with E-state index in [9.17, 15) is 9.18 Å². The quantitative estimate of drug-likeness (QED) is 0.675. The first-order valence-corrected chi connectivity index (χ1v) is 6.20. The fourth-order valence-electron chi connectivity index (χ4n) is 1.32. The van der Waals surface area contributed by atoms with Gasteiger partial charge >= 0.3 is 5.97 Å². The Kier molecular flexibility index (Phi) is 4.25. The van der Waals surface area contributed by atoms with Crippen LogP contribution in [0.5, 0.6) is 0 Å².